The molecule has 0 aliphatic carbocycles. The average molecular weight is 298 g/mol. The van der Waals surface area contributed by atoms with E-state index in [0.717, 1.165) is 12.8 Å². The van der Waals surface area contributed by atoms with Gasteiger partial charge in [0.25, 0.3) is 0 Å². The molecule has 0 radical (unpaired) electrons. The molecular formula is C13H18N2O4S. The van der Waals surface area contributed by atoms with Crippen LogP contribution in [0.5, 0.6) is 0 Å². The second kappa shape index (κ2) is 5.90. The number of benzene rings is 1. The Morgan fingerprint density at radius 1 is 1.50 bits per heavy atom. The van der Waals surface area contributed by atoms with Gasteiger partial charge in [-0.3, -0.25) is 0 Å². The molecule has 1 atom stereocenters. The normalized spacial score (nSPS) is 20.0. The molecule has 2 rings (SSSR count). The highest BCUT2D eigenvalue weighted by Crippen LogP contribution is 2.26. The van der Waals surface area contributed by atoms with Gasteiger partial charge in [0.05, 0.1) is 17.6 Å². The van der Waals surface area contributed by atoms with E-state index in [9.17, 15) is 13.2 Å². The molecule has 1 aromatic carbocycles. The van der Waals surface area contributed by atoms with Crippen LogP contribution in [0.3, 0.4) is 0 Å². The molecule has 0 amide bonds. The molecule has 1 unspecified atom stereocenters. The molecule has 1 fully saturated rings. The Labute approximate surface area is 118 Å². The predicted molar refractivity (Wildman–Crippen MR) is 73.7 cm³/mol. The molecule has 1 aromatic rings. The van der Waals surface area contributed by atoms with Gasteiger partial charge in [0.15, 0.2) is 0 Å². The number of carbonyl (C=O) groups excluding carboxylic acids is 1. The summed E-state index contributed by atoms with van der Waals surface area (Å²) in [7, 11) is -2.36. The molecule has 0 saturated carbocycles. The lowest BCUT2D eigenvalue weighted by Gasteiger charge is -2.22. The SMILES string of the molecule is COC(=O)c1cccc(S(=O)(=O)N2CCCC2CN)c1. The van der Waals surface area contributed by atoms with E-state index in [-0.39, 0.29) is 16.5 Å². The van der Waals surface area contributed by atoms with E-state index in [1.165, 1.54) is 35.7 Å². The number of nitrogens with zero attached hydrogens (tertiary/aromatic N) is 1. The van der Waals surface area contributed by atoms with E-state index in [0.29, 0.717) is 13.1 Å². The zero-order valence-corrected chi connectivity index (χ0v) is 12.1. The van der Waals surface area contributed by atoms with Gasteiger partial charge in [0, 0.05) is 19.1 Å². The maximum atomic E-state index is 12.6. The number of esters is 1. The van der Waals surface area contributed by atoms with E-state index in [2.05, 4.69) is 4.74 Å². The minimum atomic E-state index is -3.62. The Balaban J connectivity index is 2.37. The molecule has 110 valence electrons. The maximum Gasteiger partial charge on any atom is 0.337 e. The number of nitrogens with two attached hydrogens (primary N) is 1. The topological polar surface area (TPSA) is 89.7 Å². The van der Waals surface area contributed by atoms with E-state index in [1.54, 1.807) is 0 Å². The van der Waals surface area contributed by atoms with Gasteiger partial charge in [-0.1, -0.05) is 6.07 Å². The first kappa shape index (κ1) is 15.0. The fraction of sp³-hybridized carbons (Fsp3) is 0.462. The number of hydrogen-bond donors (Lipinski definition) is 1. The van der Waals surface area contributed by atoms with Crippen LogP contribution in [0.15, 0.2) is 29.2 Å². The average Bonchev–Trinajstić information content (AvgIpc) is 2.95. The van der Waals surface area contributed by atoms with Crippen LogP contribution in [0.4, 0.5) is 0 Å². The standard InChI is InChI=1S/C13H18N2O4S/c1-19-13(16)10-4-2-6-12(8-10)20(17,18)15-7-3-5-11(15)9-14/h2,4,6,8,11H,3,5,7,9,14H2,1H3. The predicted octanol–water partition coefficient (Wildman–Crippen LogP) is 0.585. The van der Waals surface area contributed by atoms with Crippen molar-refractivity contribution >= 4 is 16.0 Å². The van der Waals surface area contributed by atoms with Crippen molar-refractivity contribution in [3.05, 3.63) is 29.8 Å². The zero-order valence-electron chi connectivity index (χ0n) is 11.3. The lowest BCUT2D eigenvalue weighted by Crippen LogP contribution is -2.39. The monoisotopic (exact) mass is 298 g/mol. The van der Waals surface area contributed by atoms with Crippen LogP contribution in [0, 0.1) is 0 Å². The fourth-order valence-electron chi connectivity index (χ4n) is 2.40. The molecule has 1 saturated heterocycles. The number of methoxy groups -OCH3 is 1. The molecule has 0 bridgehead atoms. The summed E-state index contributed by atoms with van der Waals surface area (Å²) in [6.07, 6.45) is 1.57. The molecule has 6 nitrogen and oxygen atoms in total. The Morgan fingerprint density at radius 2 is 2.25 bits per heavy atom. The Morgan fingerprint density at radius 3 is 2.90 bits per heavy atom. The van der Waals surface area contributed by atoms with Gasteiger partial charge in [-0.05, 0) is 31.0 Å². The highest BCUT2D eigenvalue weighted by molar-refractivity contribution is 7.89. The Bertz CT molecular complexity index is 600. The van der Waals surface area contributed by atoms with Crippen molar-refractivity contribution in [1.82, 2.24) is 4.31 Å². The molecule has 0 spiro atoms. The van der Waals surface area contributed by atoms with Gasteiger partial charge in [-0.2, -0.15) is 4.31 Å². The molecule has 7 heteroatoms. The molecular weight excluding hydrogens is 280 g/mol. The van der Waals surface area contributed by atoms with E-state index in [1.807, 2.05) is 0 Å². The number of sulfonamides is 1. The van der Waals surface area contributed by atoms with Crippen LogP contribution in [0.25, 0.3) is 0 Å². The van der Waals surface area contributed by atoms with Gasteiger partial charge < -0.3 is 10.5 Å². The van der Waals surface area contributed by atoms with Gasteiger partial charge in [-0.25, -0.2) is 13.2 Å². The molecule has 0 aromatic heterocycles. The lowest BCUT2D eigenvalue weighted by atomic mass is 10.2. The van der Waals surface area contributed by atoms with Crippen molar-refractivity contribution in [2.24, 2.45) is 5.73 Å². The van der Waals surface area contributed by atoms with Crippen LogP contribution in [0.2, 0.25) is 0 Å². The number of ether oxygens (including phenoxy) is 1. The van der Waals surface area contributed by atoms with Gasteiger partial charge in [0.1, 0.15) is 0 Å². The molecule has 2 N–H and O–H groups in total. The Kier molecular flexibility index (Phi) is 4.42. The van der Waals surface area contributed by atoms with Crippen LogP contribution in [0.1, 0.15) is 23.2 Å². The molecule has 1 heterocycles. The van der Waals surface area contributed by atoms with Crippen molar-refractivity contribution in [2.45, 2.75) is 23.8 Å². The first-order valence-electron chi connectivity index (χ1n) is 6.41. The minimum absolute atomic E-state index is 0.0979. The molecule has 20 heavy (non-hydrogen) atoms. The number of carbonyl (C=O) groups is 1. The first-order chi connectivity index (χ1) is 9.50. The highest BCUT2D eigenvalue weighted by atomic mass is 32.2. The van der Waals surface area contributed by atoms with E-state index >= 15 is 0 Å². The summed E-state index contributed by atoms with van der Waals surface area (Å²) in [5.41, 5.74) is 5.84. The largest absolute Gasteiger partial charge is 0.465 e. The smallest absolute Gasteiger partial charge is 0.337 e. The summed E-state index contributed by atoms with van der Waals surface area (Å²) in [6.45, 7) is 0.766. The molecule has 1 aliphatic heterocycles. The summed E-state index contributed by atoms with van der Waals surface area (Å²) in [5.74, 6) is -0.557. The van der Waals surface area contributed by atoms with Crippen molar-refractivity contribution in [3.8, 4) is 0 Å². The van der Waals surface area contributed by atoms with Crippen molar-refractivity contribution < 1.29 is 17.9 Å². The zero-order chi connectivity index (χ0) is 14.8. The quantitative estimate of drug-likeness (QED) is 0.821. The summed E-state index contributed by atoms with van der Waals surface area (Å²) >= 11 is 0. The summed E-state index contributed by atoms with van der Waals surface area (Å²) in [4.78, 5) is 11.6. The van der Waals surface area contributed by atoms with Gasteiger partial charge >= 0.3 is 5.97 Å². The molecule has 1 aliphatic rings. The third-order valence-electron chi connectivity index (χ3n) is 3.46. The number of hydrogen-bond acceptors (Lipinski definition) is 5. The highest BCUT2D eigenvalue weighted by Gasteiger charge is 2.34. The second-order valence-corrected chi connectivity index (χ2v) is 6.56. The third kappa shape index (κ3) is 2.70. The van der Waals surface area contributed by atoms with Gasteiger partial charge in [-0.15, -0.1) is 0 Å². The summed E-state index contributed by atoms with van der Waals surface area (Å²) in [5, 5.41) is 0. The third-order valence-corrected chi connectivity index (χ3v) is 5.40. The van der Waals surface area contributed by atoms with Crippen molar-refractivity contribution in [1.29, 1.82) is 0 Å². The minimum Gasteiger partial charge on any atom is -0.465 e. The summed E-state index contributed by atoms with van der Waals surface area (Å²) < 4.78 is 31.2. The van der Waals surface area contributed by atoms with Crippen LogP contribution < -0.4 is 5.73 Å². The summed E-state index contributed by atoms with van der Waals surface area (Å²) in [6, 6.07) is 5.71. The van der Waals surface area contributed by atoms with Gasteiger partial charge in [0.2, 0.25) is 10.0 Å². The van der Waals surface area contributed by atoms with Crippen LogP contribution in [-0.4, -0.2) is 44.9 Å². The van der Waals surface area contributed by atoms with Crippen LogP contribution in [-0.2, 0) is 14.8 Å². The van der Waals surface area contributed by atoms with Crippen LogP contribution >= 0.6 is 0 Å². The maximum absolute atomic E-state index is 12.6. The second-order valence-electron chi connectivity index (χ2n) is 4.67. The number of rotatable bonds is 4. The lowest BCUT2D eigenvalue weighted by molar-refractivity contribution is 0.0600. The van der Waals surface area contributed by atoms with E-state index in [4.69, 9.17) is 5.73 Å². The van der Waals surface area contributed by atoms with E-state index < -0.39 is 16.0 Å². The van der Waals surface area contributed by atoms with Crippen molar-refractivity contribution in [2.75, 3.05) is 20.2 Å². The Hall–Kier alpha value is -1.44. The van der Waals surface area contributed by atoms with Crippen molar-refractivity contribution in [3.63, 3.8) is 0 Å². The fourth-order valence-corrected chi connectivity index (χ4v) is 4.15. The first-order valence-corrected chi connectivity index (χ1v) is 7.85.